The van der Waals surface area contributed by atoms with Crippen LogP contribution in [-0.2, 0) is 21.3 Å². The summed E-state index contributed by atoms with van der Waals surface area (Å²) in [6.45, 7) is 0. The van der Waals surface area contributed by atoms with Crippen LogP contribution in [0.1, 0.15) is 30.3 Å². The van der Waals surface area contributed by atoms with E-state index >= 15 is 0 Å². The molecule has 0 saturated heterocycles. The number of ketones is 1. The van der Waals surface area contributed by atoms with Crippen molar-refractivity contribution in [1.29, 1.82) is 0 Å². The molecule has 0 amide bonds. The summed E-state index contributed by atoms with van der Waals surface area (Å²) in [5.41, 5.74) is 7.82. The Morgan fingerprint density at radius 2 is 1.88 bits per heavy atom. The van der Waals surface area contributed by atoms with E-state index in [-0.39, 0.29) is 41.5 Å². The van der Waals surface area contributed by atoms with Crippen LogP contribution in [0.25, 0.3) is 11.5 Å². The highest BCUT2D eigenvalue weighted by Crippen LogP contribution is 2.31. The fraction of sp³-hybridized carbons (Fsp3) is 0.286. The summed E-state index contributed by atoms with van der Waals surface area (Å²) in [6, 6.07) is 8.98. The lowest BCUT2D eigenvalue weighted by molar-refractivity contribution is -0.118. The molecule has 10 nitrogen and oxygen atoms in total. The monoisotopic (exact) mass is 494 g/mol. The number of benzene rings is 2. The Labute approximate surface area is 195 Å². The van der Waals surface area contributed by atoms with E-state index in [0.29, 0.717) is 5.89 Å². The third-order valence-corrected chi connectivity index (χ3v) is 5.99. The average molecular weight is 495 g/mol. The molecule has 0 saturated carbocycles. The molecule has 33 heavy (non-hydrogen) atoms. The Balaban J connectivity index is 1.63. The third kappa shape index (κ3) is 6.08. The Morgan fingerprint density at radius 1 is 1.21 bits per heavy atom. The number of anilines is 1. The Hall–Kier alpha value is -2.99. The van der Waals surface area contributed by atoms with Crippen LogP contribution in [0.5, 0.6) is 5.75 Å². The van der Waals surface area contributed by atoms with Crippen LogP contribution >= 0.6 is 11.6 Å². The van der Waals surface area contributed by atoms with Crippen molar-refractivity contribution in [1.82, 2.24) is 10.2 Å². The second-order valence-electron chi connectivity index (χ2n) is 7.63. The van der Waals surface area contributed by atoms with Crippen LogP contribution in [-0.4, -0.2) is 48.2 Å². The van der Waals surface area contributed by atoms with Crippen LogP contribution in [0, 0.1) is 0 Å². The second-order valence-corrected chi connectivity index (χ2v) is 9.46. The largest absolute Gasteiger partial charge is 0.506 e. The minimum atomic E-state index is -4.70. The Bertz CT molecular complexity index is 1260. The zero-order valence-electron chi connectivity index (χ0n) is 17.9. The molecule has 1 atom stereocenters. The summed E-state index contributed by atoms with van der Waals surface area (Å²) in [7, 11) is -0.835. The fourth-order valence-electron chi connectivity index (χ4n) is 3.10. The molecule has 12 heteroatoms. The summed E-state index contributed by atoms with van der Waals surface area (Å²) in [6.07, 6.45) is -0.106. The second kappa shape index (κ2) is 9.87. The predicted octanol–water partition coefficient (Wildman–Crippen LogP) is 3.00. The number of phenolic OH excluding ortho intramolecular Hbond substituents is 1. The van der Waals surface area contributed by atoms with E-state index in [1.807, 2.05) is 43.3 Å². The molecule has 1 aromatic heterocycles. The molecular weight excluding hydrogens is 472 g/mol. The number of hydrogen-bond acceptors (Lipinski definition) is 9. The number of hydrogen-bond donors (Lipinski definition) is 3. The molecule has 0 bridgehead atoms. The van der Waals surface area contributed by atoms with Crippen molar-refractivity contribution in [2.75, 3.05) is 19.0 Å². The van der Waals surface area contributed by atoms with Crippen LogP contribution in [0.15, 0.2) is 45.7 Å². The van der Waals surface area contributed by atoms with Crippen molar-refractivity contribution in [3.05, 3.63) is 52.9 Å². The smallest absolute Gasteiger partial charge is 0.298 e. The minimum Gasteiger partial charge on any atom is -0.506 e. The molecular formula is C21H23ClN4O6S. The van der Waals surface area contributed by atoms with E-state index in [4.69, 9.17) is 21.8 Å². The maximum Gasteiger partial charge on any atom is 0.298 e. The van der Waals surface area contributed by atoms with Crippen LogP contribution in [0.3, 0.4) is 0 Å². The number of Topliss-reactive ketones (excluding diaryl/α,β-unsaturated/α-hetero) is 1. The van der Waals surface area contributed by atoms with Gasteiger partial charge in [-0.3, -0.25) is 9.35 Å². The first-order valence-corrected chi connectivity index (χ1v) is 11.6. The van der Waals surface area contributed by atoms with E-state index in [9.17, 15) is 22.9 Å². The molecule has 3 rings (SSSR count). The van der Waals surface area contributed by atoms with E-state index in [0.717, 1.165) is 17.3 Å². The standard InChI is InChI=1S/C21H23ClN4O6S/c1-26(2)15-5-3-12(4-6-15)20-24-25-21(32-20)17(23)8-7-16(27)10-13-9-14(22)11-18(19(13)28)33(29,30)31/h3-6,9,11,17,28H,7-8,10,23H2,1-2H3,(H,29,30,31)/t17-/m0/s1. The van der Waals surface area contributed by atoms with E-state index in [1.165, 1.54) is 6.07 Å². The van der Waals surface area contributed by atoms with E-state index in [1.54, 1.807) is 0 Å². The van der Waals surface area contributed by atoms with Crippen LogP contribution in [0.2, 0.25) is 5.02 Å². The van der Waals surface area contributed by atoms with Gasteiger partial charge < -0.3 is 20.2 Å². The first-order chi connectivity index (χ1) is 15.5. The van der Waals surface area contributed by atoms with Gasteiger partial charge in [-0.1, -0.05) is 11.6 Å². The van der Waals surface area contributed by atoms with Gasteiger partial charge in [-0.2, -0.15) is 8.42 Å². The third-order valence-electron chi connectivity index (χ3n) is 4.91. The number of halogens is 1. The highest BCUT2D eigenvalue weighted by molar-refractivity contribution is 7.86. The first-order valence-electron chi connectivity index (χ1n) is 9.83. The summed E-state index contributed by atoms with van der Waals surface area (Å²) in [5, 5.41) is 18.0. The molecule has 0 spiro atoms. The van der Waals surface area contributed by atoms with Gasteiger partial charge in [-0.15, -0.1) is 10.2 Å². The van der Waals surface area contributed by atoms with Crippen molar-refractivity contribution in [2.24, 2.45) is 5.73 Å². The normalized spacial score (nSPS) is 12.5. The van der Waals surface area contributed by atoms with Gasteiger partial charge in [0.25, 0.3) is 10.1 Å². The zero-order chi connectivity index (χ0) is 24.3. The predicted molar refractivity (Wildman–Crippen MR) is 122 cm³/mol. The van der Waals surface area contributed by atoms with Crippen LogP contribution in [0.4, 0.5) is 5.69 Å². The molecule has 3 aromatic rings. The molecule has 0 aliphatic rings. The maximum atomic E-state index is 12.4. The lowest BCUT2D eigenvalue weighted by Gasteiger charge is -2.11. The topological polar surface area (TPSA) is 160 Å². The first kappa shape index (κ1) is 24.6. The van der Waals surface area contributed by atoms with Gasteiger partial charge in [0.05, 0.1) is 6.04 Å². The van der Waals surface area contributed by atoms with E-state index in [2.05, 4.69) is 10.2 Å². The van der Waals surface area contributed by atoms with Crippen molar-refractivity contribution < 1.29 is 27.3 Å². The lowest BCUT2D eigenvalue weighted by atomic mass is 10.0. The zero-order valence-corrected chi connectivity index (χ0v) is 19.5. The van der Waals surface area contributed by atoms with Crippen molar-refractivity contribution in [3.63, 3.8) is 0 Å². The lowest BCUT2D eigenvalue weighted by Crippen LogP contribution is -2.14. The molecule has 0 radical (unpaired) electrons. The van der Waals surface area contributed by atoms with Crippen molar-refractivity contribution in [2.45, 2.75) is 30.2 Å². The van der Waals surface area contributed by atoms with Gasteiger partial charge in [0, 0.05) is 48.8 Å². The number of phenols is 1. The van der Waals surface area contributed by atoms with E-state index < -0.39 is 26.8 Å². The summed E-state index contributed by atoms with van der Waals surface area (Å²) in [5.74, 6) is -0.572. The average Bonchev–Trinajstić information content (AvgIpc) is 3.24. The van der Waals surface area contributed by atoms with Crippen LogP contribution < -0.4 is 10.6 Å². The van der Waals surface area contributed by atoms with Gasteiger partial charge in [0.15, 0.2) is 0 Å². The number of aromatic hydroxyl groups is 1. The highest BCUT2D eigenvalue weighted by atomic mass is 35.5. The number of nitrogens with zero attached hydrogens (tertiary/aromatic N) is 3. The number of rotatable bonds is 9. The Morgan fingerprint density at radius 3 is 2.48 bits per heavy atom. The van der Waals surface area contributed by atoms with Gasteiger partial charge >= 0.3 is 0 Å². The summed E-state index contributed by atoms with van der Waals surface area (Å²) < 4.78 is 37.6. The molecule has 0 unspecified atom stereocenters. The summed E-state index contributed by atoms with van der Waals surface area (Å²) in [4.78, 5) is 13.6. The fourth-order valence-corrected chi connectivity index (χ4v) is 4.06. The SMILES string of the molecule is CN(C)c1ccc(-c2nnc([C@@H](N)CCC(=O)Cc3cc(Cl)cc(S(=O)(=O)O)c3O)o2)cc1. The number of nitrogens with two attached hydrogens (primary N) is 1. The van der Waals surface area contributed by atoms with Gasteiger partial charge in [-0.05, 0) is 42.8 Å². The molecule has 0 aliphatic carbocycles. The quantitative estimate of drug-likeness (QED) is 0.377. The van der Waals surface area contributed by atoms with Gasteiger partial charge in [-0.25, -0.2) is 0 Å². The molecule has 2 aromatic carbocycles. The maximum absolute atomic E-state index is 12.4. The molecule has 0 fully saturated rings. The Kier molecular flexibility index (Phi) is 7.38. The highest BCUT2D eigenvalue weighted by Gasteiger charge is 2.22. The molecule has 0 aliphatic heterocycles. The minimum absolute atomic E-state index is 0.00355. The molecule has 1 heterocycles. The molecule has 176 valence electrons. The van der Waals surface area contributed by atoms with Crippen molar-refractivity contribution in [3.8, 4) is 17.2 Å². The summed E-state index contributed by atoms with van der Waals surface area (Å²) >= 11 is 5.85. The number of carbonyl (C=O) groups is 1. The van der Waals surface area contributed by atoms with Gasteiger partial charge in [0.1, 0.15) is 16.4 Å². The number of carbonyl (C=O) groups excluding carboxylic acids is 1. The van der Waals surface area contributed by atoms with Crippen molar-refractivity contribution >= 4 is 33.2 Å². The van der Waals surface area contributed by atoms with Gasteiger partial charge in [0.2, 0.25) is 11.8 Å². The molecule has 4 N–H and O–H groups in total. The number of aromatic nitrogens is 2.